The summed E-state index contributed by atoms with van der Waals surface area (Å²) in [4.78, 5) is 11.0. The van der Waals surface area contributed by atoms with E-state index >= 15 is 0 Å². The third-order valence-corrected chi connectivity index (χ3v) is 3.56. The van der Waals surface area contributed by atoms with Crippen LogP contribution in [0.15, 0.2) is 24.3 Å². The lowest BCUT2D eigenvalue weighted by Crippen LogP contribution is -2.11. The molecule has 0 heterocycles. The highest BCUT2D eigenvalue weighted by molar-refractivity contribution is 7.99. The summed E-state index contributed by atoms with van der Waals surface area (Å²) in [7, 11) is 1.42. The molecule has 0 N–H and O–H groups in total. The minimum Gasteiger partial charge on any atom is -0.493 e. The van der Waals surface area contributed by atoms with Crippen LogP contribution in [0, 0.1) is 6.92 Å². The molecule has 0 fully saturated rings. The average Bonchev–Trinajstić information content (AvgIpc) is 2.34. The second kappa shape index (κ2) is 8.03. The van der Waals surface area contributed by atoms with Crippen molar-refractivity contribution in [2.75, 3.05) is 19.5 Å². The van der Waals surface area contributed by atoms with Gasteiger partial charge >= 0.3 is 5.97 Å². The van der Waals surface area contributed by atoms with Crippen molar-refractivity contribution in [1.82, 2.24) is 0 Å². The van der Waals surface area contributed by atoms with Gasteiger partial charge in [0, 0.05) is 11.0 Å². The number of hydrogen-bond acceptors (Lipinski definition) is 4. The van der Waals surface area contributed by atoms with Gasteiger partial charge < -0.3 is 9.47 Å². The van der Waals surface area contributed by atoms with Crippen molar-refractivity contribution in [1.29, 1.82) is 0 Å². The van der Waals surface area contributed by atoms with Crippen molar-refractivity contribution >= 4 is 17.7 Å². The Kier molecular flexibility index (Phi) is 6.65. The van der Waals surface area contributed by atoms with Gasteiger partial charge in [-0.25, -0.2) is 0 Å². The third kappa shape index (κ3) is 5.96. The maximum Gasteiger partial charge on any atom is 0.306 e. The van der Waals surface area contributed by atoms with E-state index in [-0.39, 0.29) is 11.2 Å². The SMILES string of the molecule is COC(=O)CC(C)SCCOc1cccc(C)c1. The summed E-state index contributed by atoms with van der Waals surface area (Å²) in [6.07, 6.45) is 0.450. The van der Waals surface area contributed by atoms with Crippen LogP contribution in [0.4, 0.5) is 0 Å². The first-order valence-electron chi connectivity index (χ1n) is 5.99. The molecular formula is C14H20O3S. The van der Waals surface area contributed by atoms with Crippen LogP contribution in [0.1, 0.15) is 18.9 Å². The van der Waals surface area contributed by atoms with Crippen LogP contribution in [0.2, 0.25) is 0 Å². The Labute approximate surface area is 113 Å². The van der Waals surface area contributed by atoms with Crippen LogP contribution < -0.4 is 4.74 Å². The molecule has 0 radical (unpaired) electrons. The highest BCUT2D eigenvalue weighted by Gasteiger charge is 2.09. The van der Waals surface area contributed by atoms with Gasteiger partial charge in [-0.15, -0.1) is 0 Å². The Morgan fingerprint density at radius 3 is 2.89 bits per heavy atom. The van der Waals surface area contributed by atoms with Gasteiger partial charge in [-0.2, -0.15) is 11.8 Å². The molecule has 0 aromatic heterocycles. The van der Waals surface area contributed by atoms with Crippen molar-refractivity contribution in [2.45, 2.75) is 25.5 Å². The molecule has 0 spiro atoms. The molecule has 100 valence electrons. The third-order valence-electron chi connectivity index (χ3n) is 2.43. The van der Waals surface area contributed by atoms with Crippen molar-refractivity contribution in [3.8, 4) is 5.75 Å². The number of benzene rings is 1. The number of aryl methyl sites for hydroxylation is 1. The zero-order valence-corrected chi connectivity index (χ0v) is 12.0. The van der Waals surface area contributed by atoms with Gasteiger partial charge in [-0.3, -0.25) is 4.79 Å². The van der Waals surface area contributed by atoms with Crippen LogP contribution in [0.5, 0.6) is 5.75 Å². The predicted octanol–water partition coefficient (Wildman–Crippen LogP) is 3.06. The fourth-order valence-corrected chi connectivity index (χ4v) is 2.33. The minimum absolute atomic E-state index is 0.158. The minimum atomic E-state index is -0.158. The van der Waals surface area contributed by atoms with Crippen LogP contribution in [-0.2, 0) is 9.53 Å². The van der Waals surface area contributed by atoms with Gasteiger partial charge in [0.1, 0.15) is 5.75 Å². The van der Waals surface area contributed by atoms with E-state index in [1.54, 1.807) is 11.8 Å². The fraction of sp³-hybridized carbons (Fsp3) is 0.500. The molecule has 1 unspecified atom stereocenters. The number of thioether (sulfide) groups is 1. The van der Waals surface area contributed by atoms with E-state index in [0.29, 0.717) is 13.0 Å². The Balaban J connectivity index is 2.17. The maximum absolute atomic E-state index is 11.0. The lowest BCUT2D eigenvalue weighted by atomic mass is 10.2. The lowest BCUT2D eigenvalue weighted by molar-refractivity contribution is -0.140. The Bertz CT molecular complexity index is 379. The average molecular weight is 268 g/mol. The number of methoxy groups -OCH3 is 1. The molecule has 0 aliphatic rings. The van der Waals surface area contributed by atoms with E-state index in [1.807, 2.05) is 38.1 Å². The number of hydrogen-bond donors (Lipinski definition) is 0. The molecule has 1 aromatic carbocycles. The summed E-state index contributed by atoms with van der Waals surface area (Å²) >= 11 is 1.72. The quantitative estimate of drug-likeness (QED) is 0.562. The monoisotopic (exact) mass is 268 g/mol. The van der Waals surface area contributed by atoms with Gasteiger partial charge in [0.2, 0.25) is 0 Å². The van der Waals surface area contributed by atoms with Gasteiger partial charge in [-0.1, -0.05) is 19.1 Å². The number of carbonyl (C=O) groups excluding carboxylic acids is 1. The molecule has 0 saturated heterocycles. The standard InChI is InChI=1S/C14H20O3S/c1-11-5-4-6-13(9-11)17-7-8-18-12(2)10-14(15)16-3/h4-6,9,12H,7-8,10H2,1-3H3. The molecule has 0 aliphatic heterocycles. The van der Waals surface area contributed by atoms with Crippen molar-refractivity contribution in [3.63, 3.8) is 0 Å². The molecule has 18 heavy (non-hydrogen) atoms. The van der Waals surface area contributed by atoms with Crippen LogP contribution >= 0.6 is 11.8 Å². The maximum atomic E-state index is 11.0. The Morgan fingerprint density at radius 2 is 2.22 bits per heavy atom. The molecular weight excluding hydrogens is 248 g/mol. The van der Waals surface area contributed by atoms with Crippen LogP contribution in [-0.4, -0.2) is 30.7 Å². The zero-order valence-electron chi connectivity index (χ0n) is 11.1. The molecule has 1 aromatic rings. The van der Waals surface area contributed by atoms with E-state index in [9.17, 15) is 4.79 Å². The highest BCUT2D eigenvalue weighted by Crippen LogP contribution is 2.16. The first-order valence-corrected chi connectivity index (χ1v) is 7.04. The van der Waals surface area contributed by atoms with E-state index in [4.69, 9.17) is 4.74 Å². The van der Waals surface area contributed by atoms with Gasteiger partial charge in [0.25, 0.3) is 0 Å². The number of carbonyl (C=O) groups is 1. The molecule has 0 aliphatic carbocycles. The van der Waals surface area contributed by atoms with E-state index in [2.05, 4.69) is 4.74 Å². The first kappa shape index (κ1) is 14.9. The van der Waals surface area contributed by atoms with E-state index < -0.39 is 0 Å². The molecule has 0 saturated carbocycles. The number of esters is 1. The normalized spacial score (nSPS) is 11.9. The second-order valence-corrected chi connectivity index (χ2v) is 5.67. The molecule has 4 heteroatoms. The second-order valence-electron chi connectivity index (χ2n) is 4.13. The largest absolute Gasteiger partial charge is 0.493 e. The van der Waals surface area contributed by atoms with Crippen LogP contribution in [0.25, 0.3) is 0 Å². The van der Waals surface area contributed by atoms with Gasteiger partial charge in [0.15, 0.2) is 0 Å². The molecule has 3 nitrogen and oxygen atoms in total. The van der Waals surface area contributed by atoms with Gasteiger partial charge in [-0.05, 0) is 24.6 Å². The number of ether oxygens (including phenoxy) is 2. The topological polar surface area (TPSA) is 35.5 Å². The summed E-state index contributed by atoms with van der Waals surface area (Å²) in [6, 6.07) is 8.00. The summed E-state index contributed by atoms with van der Waals surface area (Å²) in [6.45, 7) is 4.72. The van der Waals surface area contributed by atoms with Crippen molar-refractivity contribution < 1.29 is 14.3 Å². The summed E-state index contributed by atoms with van der Waals surface area (Å²) in [5.74, 6) is 1.61. The molecule has 0 amide bonds. The van der Waals surface area contributed by atoms with E-state index in [0.717, 1.165) is 11.5 Å². The van der Waals surface area contributed by atoms with Crippen LogP contribution in [0.3, 0.4) is 0 Å². The molecule has 1 atom stereocenters. The van der Waals surface area contributed by atoms with E-state index in [1.165, 1.54) is 12.7 Å². The summed E-state index contributed by atoms with van der Waals surface area (Å²) in [5, 5.41) is 0.263. The highest BCUT2D eigenvalue weighted by atomic mass is 32.2. The summed E-state index contributed by atoms with van der Waals surface area (Å²) in [5.41, 5.74) is 1.19. The lowest BCUT2D eigenvalue weighted by Gasteiger charge is -2.10. The predicted molar refractivity (Wildman–Crippen MR) is 75.2 cm³/mol. The summed E-state index contributed by atoms with van der Waals surface area (Å²) < 4.78 is 10.3. The zero-order chi connectivity index (χ0) is 13.4. The molecule has 1 rings (SSSR count). The Hall–Kier alpha value is -1.16. The number of rotatable bonds is 7. The van der Waals surface area contributed by atoms with Crippen molar-refractivity contribution in [3.05, 3.63) is 29.8 Å². The first-order chi connectivity index (χ1) is 8.61. The van der Waals surface area contributed by atoms with Crippen molar-refractivity contribution in [2.24, 2.45) is 0 Å². The molecule has 0 bridgehead atoms. The Morgan fingerprint density at radius 1 is 1.44 bits per heavy atom. The fourth-order valence-electron chi connectivity index (χ4n) is 1.49. The van der Waals surface area contributed by atoms with Gasteiger partial charge in [0.05, 0.1) is 20.1 Å². The smallest absolute Gasteiger partial charge is 0.306 e.